The van der Waals surface area contributed by atoms with Crippen LogP contribution in [0.15, 0.2) is 11.1 Å². The predicted molar refractivity (Wildman–Crippen MR) is 56.9 cm³/mol. The molecule has 1 aliphatic rings. The number of nitrogens with two attached hydrogens (primary N) is 1. The zero-order chi connectivity index (χ0) is 12.6. The SMILES string of the molecule is Nc1ncn(C2CC(CO)C(O)C2O)c(=O)n1. The lowest BCUT2D eigenvalue weighted by Crippen LogP contribution is -2.35. The molecule has 0 saturated heterocycles. The molecule has 4 unspecified atom stereocenters. The first-order valence-corrected chi connectivity index (χ1v) is 5.22. The summed E-state index contributed by atoms with van der Waals surface area (Å²) < 4.78 is 1.12. The number of nitrogens with zero attached hydrogens (tertiary/aromatic N) is 3. The van der Waals surface area contributed by atoms with Crippen LogP contribution in [-0.2, 0) is 0 Å². The molecule has 0 bridgehead atoms. The topological polar surface area (TPSA) is 134 Å². The van der Waals surface area contributed by atoms with Gasteiger partial charge in [-0.15, -0.1) is 0 Å². The van der Waals surface area contributed by atoms with E-state index in [-0.39, 0.29) is 19.0 Å². The second kappa shape index (κ2) is 4.40. The van der Waals surface area contributed by atoms with Gasteiger partial charge in [-0.1, -0.05) is 0 Å². The molecule has 0 aromatic carbocycles. The van der Waals surface area contributed by atoms with E-state index in [1.165, 1.54) is 6.33 Å². The molecule has 4 atom stereocenters. The maximum absolute atomic E-state index is 11.6. The first kappa shape index (κ1) is 12.0. The second-order valence-corrected chi connectivity index (χ2v) is 4.13. The van der Waals surface area contributed by atoms with Crippen molar-refractivity contribution in [3.63, 3.8) is 0 Å². The Morgan fingerprint density at radius 2 is 2.18 bits per heavy atom. The van der Waals surface area contributed by atoms with Crippen LogP contribution in [0.5, 0.6) is 0 Å². The molecule has 94 valence electrons. The maximum atomic E-state index is 11.6. The van der Waals surface area contributed by atoms with Gasteiger partial charge >= 0.3 is 5.69 Å². The van der Waals surface area contributed by atoms with Gasteiger partial charge in [0.25, 0.3) is 0 Å². The summed E-state index contributed by atoms with van der Waals surface area (Å²) in [5.74, 6) is -0.600. The zero-order valence-electron chi connectivity index (χ0n) is 8.97. The Kier molecular flexibility index (Phi) is 3.09. The van der Waals surface area contributed by atoms with Crippen molar-refractivity contribution in [1.82, 2.24) is 14.5 Å². The number of nitrogen functional groups attached to an aromatic ring is 1. The minimum atomic E-state index is -1.13. The minimum absolute atomic E-state index is 0.141. The number of aliphatic hydroxyl groups excluding tert-OH is 3. The Bertz CT molecular complexity index is 463. The highest BCUT2D eigenvalue weighted by Crippen LogP contribution is 2.33. The Hall–Kier alpha value is -1.51. The molecule has 1 saturated carbocycles. The van der Waals surface area contributed by atoms with Crippen molar-refractivity contribution in [2.24, 2.45) is 5.92 Å². The van der Waals surface area contributed by atoms with Crippen LogP contribution in [0.25, 0.3) is 0 Å². The van der Waals surface area contributed by atoms with Gasteiger partial charge in [-0.25, -0.2) is 9.78 Å². The second-order valence-electron chi connectivity index (χ2n) is 4.13. The van der Waals surface area contributed by atoms with Crippen molar-refractivity contribution >= 4 is 5.95 Å². The molecular formula is C9H14N4O4. The predicted octanol–water partition coefficient (Wildman–Crippen LogP) is -2.50. The van der Waals surface area contributed by atoms with Crippen molar-refractivity contribution in [2.75, 3.05) is 12.3 Å². The van der Waals surface area contributed by atoms with E-state index in [2.05, 4.69) is 9.97 Å². The Labute approximate surface area is 96.4 Å². The monoisotopic (exact) mass is 242 g/mol. The van der Waals surface area contributed by atoms with E-state index in [0.717, 1.165) is 4.57 Å². The lowest BCUT2D eigenvalue weighted by molar-refractivity contribution is -0.00465. The van der Waals surface area contributed by atoms with Gasteiger partial charge in [0.2, 0.25) is 5.95 Å². The van der Waals surface area contributed by atoms with Crippen LogP contribution < -0.4 is 11.4 Å². The van der Waals surface area contributed by atoms with Crippen LogP contribution in [0, 0.1) is 5.92 Å². The highest BCUT2D eigenvalue weighted by molar-refractivity contribution is 5.10. The highest BCUT2D eigenvalue weighted by atomic mass is 16.3. The van der Waals surface area contributed by atoms with Crippen molar-refractivity contribution in [3.05, 3.63) is 16.8 Å². The fourth-order valence-electron chi connectivity index (χ4n) is 2.14. The number of hydrogen-bond donors (Lipinski definition) is 4. The first-order valence-electron chi connectivity index (χ1n) is 5.22. The molecule has 1 aliphatic carbocycles. The summed E-state index contributed by atoms with van der Waals surface area (Å²) >= 11 is 0. The van der Waals surface area contributed by atoms with Gasteiger partial charge in [0.15, 0.2) is 0 Å². The first-order chi connectivity index (χ1) is 8.04. The van der Waals surface area contributed by atoms with Gasteiger partial charge in [0.1, 0.15) is 12.4 Å². The van der Waals surface area contributed by atoms with Gasteiger partial charge in [-0.3, -0.25) is 4.57 Å². The lowest BCUT2D eigenvalue weighted by atomic mass is 10.1. The van der Waals surface area contributed by atoms with E-state index in [9.17, 15) is 15.0 Å². The molecule has 0 aliphatic heterocycles. The Morgan fingerprint density at radius 3 is 2.71 bits per heavy atom. The van der Waals surface area contributed by atoms with Crippen LogP contribution in [0.4, 0.5) is 5.95 Å². The third-order valence-corrected chi connectivity index (χ3v) is 3.11. The molecule has 8 heteroatoms. The van der Waals surface area contributed by atoms with Gasteiger partial charge < -0.3 is 21.1 Å². The third kappa shape index (κ3) is 2.02. The van der Waals surface area contributed by atoms with Crippen LogP contribution >= 0.6 is 0 Å². The Morgan fingerprint density at radius 1 is 1.47 bits per heavy atom. The zero-order valence-corrected chi connectivity index (χ0v) is 8.97. The summed E-state index contributed by atoms with van der Waals surface area (Å²) in [5.41, 5.74) is 4.62. The van der Waals surface area contributed by atoms with E-state index in [1.54, 1.807) is 0 Å². The fourth-order valence-corrected chi connectivity index (χ4v) is 2.14. The molecule has 1 aromatic heterocycles. The number of hydrogen-bond acceptors (Lipinski definition) is 7. The van der Waals surface area contributed by atoms with Crippen LogP contribution in [-0.4, -0.2) is 48.7 Å². The molecule has 1 aromatic rings. The third-order valence-electron chi connectivity index (χ3n) is 3.11. The quantitative estimate of drug-likeness (QED) is 0.450. The highest BCUT2D eigenvalue weighted by Gasteiger charge is 2.42. The summed E-state index contributed by atoms with van der Waals surface area (Å²) in [7, 11) is 0. The van der Waals surface area contributed by atoms with Crippen LogP contribution in [0.3, 0.4) is 0 Å². The molecule has 5 N–H and O–H groups in total. The normalized spacial score (nSPS) is 32.9. The number of aliphatic hydroxyl groups is 3. The molecule has 2 rings (SSSR count). The lowest BCUT2D eigenvalue weighted by Gasteiger charge is -2.17. The molecule has 17 heavy (non-hydrogen) atoms. The van der Waals surface area contributed by atoms with E-state index >= 15 is 0 Å². The summed E-state index contributed by atoms with van der Waals surface area (Å²) in [6, 6.07) is -0.643. The Balaban J connectivity index is 2.32. The number of anilines is 1. The van der Waals surface area contributed by atoms with Gasteiger partial charge in [-0.2, -0.15) is 4.98 Å². The maximum Gasteiger partial charge on any atom is 0.352 e. The van der Waals surface area contributed by atoms with Crippen molar-refractivity contribution < 1.29 is 15.3 Å². The largest absolute Gasteiger partial charge is 0.396 e. The van der Waals surface area contributed by atoms with Crippen LogP contribution in [0.2, 0.25) is 0 Å². The molecule has 1 fully saturated rings. The van der Waals surface area contributed by atoms with Gasteiger partial charge in [0, 0.05) is 12.5 Å². The molecule has 0 amide bonds. The van der Waals surface area contributed by atoms with Crippen molar-refractivity contribution in [3.8, 4) is 0 Å². The van der Waals surface area contributed by atoms with E-state index in [0.29, 0.717) is 0 Å². The number of aromatic nitrogens is 3. The fraction of sp³-hybridized carbons (Fsp3) is 0.667. The molecule has 0 radical (unpaired) electrons. The number of rotatable bonds is 2. The van der Waals surface area contributed by atoms with E-state index in [4.69, 9.17) is 10.8 Å². The molecule has 0 spiro atoms. The summed E-state index contributed by atoms with van der Waals surface area (Å²) in [4.78, 5) is 18.7. The summed E-state index contributed by atoms with van der Waals surface area (Å²) in [5, 5.41) is 28.5. The molecule has 1 heterocycles. The summed E-state index contributed by atoms with van der Waals surface area (Å²) in [6.45, 7) is -0.251. The van der Waals surface area contributed by atoms with Gasteiger partial charge in [0.05, 0.1) is 12.1 Å². The average molecular weight is 242 g/mol. The average Bonchev–Trinajstić information content (AvgIpc) is 2.57. The van der Waals surface area contributed by atoms with Crippen molar-refractivity contribution in [2.45, 2.75) is 24.7 Å². The van der Waals surface area contributed by atoms with Crippen LogP contribution in [0.1, 0.15) is 12.5 Å². The van der Waals surface area contributed by atoms with E-state index < -0.39 is 29.9 Å². The summed E-state index contributed by atoms with van der Waals surface area (Å²) in [6.07, 6.45) is -0.719. The minimum Gasteiger partial charge on any atom is -0.396 e. The molecular weight excluding hydrogens is 228 g/mol. The molecule has 8 nitrogen and oxygen atoms in total. The van der Waals surface area contributed by atoms with Gasteiger partial charge in [-0.05, 0) is 6.42 Å². The van der Waals surface area contributed by atoms with E-state index in [1.807, 2.05) is 0 Å². The van der Waals surface area contributed by atoms with Crippen molar-refractivity contribution in [1.29, 1.82) is 0 Å². The standard InChI is InChI=1S/C9H14N4O4/c10-8-11-3-13(9(17)12-8)5-1-4(2-14)6(15)7(5)16/h3-7,14-16H,1-2H2,(H2,10,12,17). The smallest absolute Gasteiger partial charge is 0.352 e.